The fourth-order valence-electron chi connectivity index (χ4n) is 1.93. The molecule has 8 heteroatoms. The molecule has 0 saturated heterocycles. The Morgan fingerprint density at radius 3 is 2.42 bits per heavy atom. The lowest BCUT2D eigenvalue weighted by atomic mass is 10.3. The lowest BCUT2D eigenvalue weighted by Crippen LogP contribution is -2.46. The first-order chi connectivity index (χ1) is 11.4. The molecule has 0 spiro atoms. The van der Waals surface area contributed by atoms with Crippen LogP contribution in [0.25, 0.3) is 0 Å². The number of anilines is 1. The predicted octanol–water partition coefficient (Wildman–Crippen LogP) is 1.95. The van der Waals surface area contributed by atoms with Gasteiger partial charge in [-0.25, -0.2) is 4.31 Å². The van der Waals surface area contributed by atoms with Gasteiger partial charge in [-0.15, -0.1) is 0 Å². The van der Waals surface area contributed by atoms with E-state index >= 15 is 0 Å². The molecule has 6 nitrogen and oxygen atoms in total. The van der Waals surface area contributed by atoms with Crippen LogP contribution in [0.2, 0.25) is 0 Å². The molecular weight excluding hydrogens is 346 g/mol. The average Bonchev–Trinajstić information content (AvgIpc) is 2.56. The first-order valence-electron chi connectivity index (χ1n) is 7.99. The number of nitrogens with one attached hydrogen (secondary N) is 1. The maximum absolute atomic E-state index is 12.5. The molecule has 0 aliphatic heterocycles. The van der Waals surface area contributed by atoms with Gasteiger partial charge in [0.15, 0.2) is 0 Å². The normalized spacial score (nSPS) is 11.5. The monoisotopic (exact) mass is 373 g/mol. The van der Waals surface area contributed by atoms with Gasteiger partial charge < -0.3 is 5.32 Å². The third-order valence-electron chi connectivity index (χ3n) is 3.21. The lowest BCUT2D eigenvalue weighted by molar-refractivity contribution is -0.119. The van der Waals surface area contributed by atoms with E-state index in [1.165, 1.54) is 14.1 Å². The molecule has 1 rings (SSSR count). The number of benzene rings is 1. The van der Waals surface area contributed by atoms with Crippen molar-refractivity contribution in [2.45, 2.75) is 19.8 Å². The van der Waals surface area contributed by atoms with Crippen molar-refractivity contribution in [3.05, 3.63) is 30.3 Å². The fourth-order valence-corrected chi connectivity index (χ4v) is 3.84. The highest BCUT2D eigenvalue weighted by Gasteiger charge is 2.26. The van der Waals surface area contributed by atoms with Crippen molar-refractivity contribution in [3.63, 3.8) is 0 Å². The SMILES string of the molecule is CCCSCCCNC(=O)CN(c1ccccc1)S(=O)(=O)N(C)C. The minimum Gasteiger partial charge on any atom is -0.354 e. The average molecular weight is 374 g/mol. The number of thioether (sulfide) groups is 1. The van der Waals surface area contributed by atoms with Crippen LogP contribution in [0.5, 0.6) is 0 Å². The first kappa shape index (κ1) is 20.8. The Balaban J connectivity index is 2.65. The Hall–Kier alpha value is -1.25. The summed E-state index contributed by atoms with van der Waals surface area (Å²) < 4.78 is 27.2. The molecule has 0 aromatic heterocycles. The number of amides is 1. The molecule has 0 bridgehead atoms. The van der Waals surface area contributed by atoms with E-state index in [2.05, 4.69) is 12.2 Å². The maximum Gasteiger partial charge on any atom is 0.304 e. The van der Waals surface area contributed by atoms with Crippen LogP contribution in [-0.4, -0.2) is 57.3 Å². The number of carbonyl (C=O) groups excluding carboxylic acids is 1. The maximum atomic E-state index is 12.5. The molecule has 24 heavy (non-hydrogen) atoms. The number of hydrogen-bond donors (Lipinski definition) is 1. The largest absolute Gasteiger partial charge is 0.354 e. The van der Waals surface area contributed by atoms with Gasteiger partial charge in [-0.05, 0) is 36.5 Å². The van der Waals surface area contributed by atoms with Gasteiger partial charge in [0.05, 0.1) is 5.69 Å². The molecule has 0 unspecified atom stereocenters. The molecule has 0 aliphatic rings. The summed E-state index contributed by atoms with van der Waals surface area (Å²) in [5, 5.41) is 2.79. The Morgan fingerprint density at radius 1 is 1.17 bits per heavy atom. The number of hydrogen-bond acceptors (Lipinski definition) is 4. The summed E-state index contributed by atoms with van der Waals surface area (Å²) in [5.41, 5.74) is 0.472. The van der Waals surface area contributed by atoms with Gasteiger partial charge in [-0.1, -0.05) is 25.1 Å². The van der Waals surface area contributed by atoms with Crippen molar-refractivity contribution < 1.29 is 13.2 Å². The van der Waals surface area contributed by atoms with Gasteiger partial charge in [0.1, 0.15) is 6.54 Å². The van der Waals surface area contributed by atoms with E-state index in [9.17, 15) is 13.2 Å². The van der Waals surface area contributed by atoms with Gasteiger partial charge >= 0.3 is 10.2 Å². The highest BCUT2D eigenvalue weighted by atomic mass is 32.2. The second-order valence-corrected chi connectivity index (χ2v) is 8.74. The third kappa shape index (κ3) is 6.70. The van der Waals surface area contributed by atoms with E-state index in [1.54, 1.807) is 30.3 Å². The Bertz CT molecular complexity index is 592. The summed E-state index contributed by atoms with van der Waals surface area (Å²) in [4.78, 5) is 12.1. The van der Waals surface area contributed by atoms with Crippen LogP contribution in [-0.2, 0) is 15.0 Å². The number of rotatable bonds is 11. The smallest absolute Gasteiger partial charge is 0.304 e. The molecule has 1 aromatic rings. The van der Waals surface area contributed by atoms with Gasteiger partial charge in [-0.2, -0.15) is 24.5 Å². The van der Waals surface area contributed by atoms with Crippen LogP contribution in [0.1, 0.15) is 19.8 Å². The first-order valence-corrected chi connectivity index (χ1v) is 10.5. The molecule has 1 N–H and O–H groups in total. The molecule has 0 aliphatic carbocycles. The Labute approximate surface area is 149 Å². The Kier molecular flexibility index (Phi) is 9.17. The zero-order valence-electron chi connectivity index (χ0n) is 14.6. The van der Waals surface area contributed by atoms with E-state index in [0.29, 0.717) is 12.2 Å². The molecule has 0 heterocycles. The van der Waals surface area contributed by atoms with Crippen LogP contribution in [0.3, 0.4) is 0 Å². The Morgan fingerprint density at radius 2 is 1.83 bits per heavy atom. The van der Waals surface area contributed by atoms with E-state index in [0.717, 1.165) is 33.0 Å². The molecule has 1 amide bonds. The molecule has 0 saturated carbocycles. The zero-order valence-corrected chi connectivity index (χ0v) is 16.2. The highest BCUT2D eigenvalue weighted by Crippen LogP contribution is 2.18. The quantitative estimate of drug-likeness (QED) is 0.602. The van der Waals surface area contributed by atoms with Gasteiger partial charge in [0.2, 0.25) is 5.91 Å². The molecule has 0 radical (unpaired) electrons. The topological polar surface area (TPSA) is 69.7 Å². The van der Waals surface area contributed by atoms with Gasteiger partial charge in [0.25, 0.3) is 0 Å². The third-order valence-corrected chi connectivity index (χ3v) is 6.30. The van der Waals surface area contributed by atoms with E-state index in [4.69, 9.17) is 0 Å². The van der Waals surface area contributed by atoms with Crippen LogP contribution in [0, 0.1) is 0 Å². The number of carbonyl (C=O) groups is 1. The van der Waals surface area contributed by atoms with Crippen LogP contribution >= 0.6 is 11.8 Å². The van der Waals surface area contributed by atoms with Crippen molar-refractivity contribution in [2.75, 3.05) is 43.0 Å². The predicted molar refractivity (Wildman–Crippen MR) is 102 cm³/mol. The number of para-hydroxylation sites is 1. The second kappa shape index (κ2) is 10.6. The molecule has 136 valence electrons. The van der Waals surface area contributed by atoms with Crippen molar-refractivity contribution in [1.29, 1.82) is 0 Å². The van der Waals surface area contributed by atoms with Crippen molar-refractivity contribution >= 4 is 33.6 Å². The van der Waals surface area contributed by atoms with Crippen molar-refractivity contribution in [2.24, 2.45) is 0 Å². The van der Waals surface area contributed by atoms with Crippen molar-refractivity contribution in [3.8, 4) is 0 Å². The summed E-state index contributed by atoms with van der Waals surface area (Å²) in [6.07, 6.45) is 2.02. The van der Waals surface area contributed by atoms with Crippen molar-refractivity contribution in [1.82, 2.24) is 9.62 Å². The lowest BCUT2D eigenvalue weighted by Gasteiger charge is -2.26. The summed E-state index contributed by atoms with van der Waals surface area (Å²) in [7, 11) is -0.823. The van der Waals surface area contributed by atoms with Crippen LogP contribution in [0.15, 0.2) is 30.3 Å². The summed E-state index contributed by atoms with van der Waals surface area (Å²) >= 11 is 1.86. The molecule has 0 atom stereocenters. The molecule has 1 aromatic carbocycles. The molecular formula is C16H27N3O3S2. The van der Waals surface area contributed by atoms with Gasteiger partial charge in [-0.3, -0.25) is 4.79 Å². The minimum absolute atomic E-state index is 0.230. The fraction of sp³-hybridized carbons (Fsp3) is 0.562. The van der Waals surface area contributed by atoms with Crippen LogP contribution < -0.4 is 9.62 Å². The summed E-state index contributed by atoms with van der Waals surface area (Å²) in [6.45, 7) is 2.46. The van der Waals surface area contributed by atoms with E-state index in [1.807, 2.05) is 11.8 Å². The summed E-state index contributed by atoms with van der Waals surface area (Å²) in [5.74, 6) is 1.81. The van der Waals surface area contributed by atoms with E-state index < -0.39 is 10.2 Å². The minimum atomic E-state index is -3.73. The summed E-state index contributed by atoms with van der Waals surface area (Å²) in [6, 6.07) is 8.65. The second-order valence-electron chi connectivity index (χ2n) is 5.45. The number of nitrogens with zero attached hydrogens (tertiary/aromatic N) is 2. The standard InChI is InChI=1S/C16H27N3O3S2/c1-4-12-23-13-8-11-17-16(20)14-19(24(21,22)18(2)3)15-9-6-5-7-10-15/h5-7,9-10H,4,8,11-14H2,1-3H3,(H,17,20). The highest BCUT2D eigenvalue weighted by molar-refractivity contribution is 7.99. The van der Waals surface area contributed by atoms with E-state index in [-0.39, 0.29) is 12.5 Å². The zero-order chi connectivity index (χ0) is 18.0. The van der Waals surface area contributed by atoms with Gasteiger partial charge in [0, 0.05) is 20.6 Å². The molecule has 0 fully saturated rings. The van der Waals surface area contributed by atoms with Crippen LogP contribution in [0.4, 0.5) is 5.69 Å².